The van der Waals surface area contributed by atoms with E-state index in [0.29, 0.717) is 36.8 Å². The molecule has 0 aromatic heterocycles. The van der Waals surface area contributed by atoms with E-state index in [1.807, 2.05) is 19.0 Å². The molecule has 0 spiro atoms. The van der Waals surface area contributed by atoms with Crippen LogP contribution in [0.1, 0.15) is 10.4 Å². The van der Waals surface area contributed by atoms with Crippen molar-refractivity contribution in [3.8, 4) is 11.5 Å². The molecular formula is C16H24N2O4. The maximum atomic E-state index is 12.9. The normalized spacial score (nSPS) is 18.4. The van der Waals surface area contributed by atoms with E-state index in [1.165, 1.54) is 0 Å². The van der Waals surface area contributed by atoms with Crippen LogP contribution < -0.4 is 9.47 Å². The van der Waals surface area contributed by atoms with Crippen molar-refractivity contribution >= 4 is 5.91 Å². The topological polar surface area (TPSA) is 51.2 Å². The summed E-state index contributed by atoms with van der Waals surface area (Å²) < 4.78 is 16.0. The van der Waals surface area contributed by atoms with Gasteiger partial charge in [0.25, 0.3) is 5.91 Å². The molecule has 22 heavy (non-hydrogen) atoms. The molecule has 1 atom stereocenters. The number of methoxy groups -OCH3 is 2. The van der Waals surface area contributed by atoms with Crippen LogP contribution in [-0.2, 0) is 4.74 Å². The van der Waals surface area contributed by atoms with Gasteiger partial charge in [-0.2, -0.15) is 0 Å². The number of ether oxygens (including phenoxy) is 3. The molecule has 1 aromatic carbocycles. The van der Waals surface area contributed by atoms with Crippen molar-refractivity contribution in [2.75, 3.05) is 54.6 Å². The SMILES string of the molecule is COc1cc(OC)cc(C(=O)N2CCOC[C@H]2CN(C)C)c1. The Hall–Kier alpha value is -1.79. The average Bonchev–Trinajstić information content (AvgIpc) is 2.53. The van der Waals surface area contributed by atoms with E-state index < -0.39 is 0 Å². The number of rotatable bonds is 5. The fourth-order valence-electron chi connectivity index (χ4n) is 2.59. The van der Waals surface area contributed by atoms with Gasteiger partial charge in [0.2, 0.25) is 0 Å². The summed E-state index contributed by atoms with van der Waals surface area (Å²) in [5.74, 6) is 1.20. The van der Waals surface area contributed by atoms with Crippen LogP contribution in [0, 0.1) is 0 Å². The third-order valence-electron chi connectivity index (χ3n) is 3.66. The number of benzene rings is 1. The van der Waals surface area contributed by atoms with Crippen LogP contribution in [-0.4, -0.2) is 76.4 Å². The van der Waals surface area contributed by atoms with Crippen LogP contribution in [0.5, 0.6) is 11.5 Å². The molecule has 1 amide bonds. The number of carbonyl (C=O) groups excluding carboxylic acids is 1. The molecule has 6 nitrogen and oxygen atoms in total. The maximum absolute atomic E-state index is 12.9. The Morgan fingerprint density at radius 1 is 1.27 bits per heavy atom. The molecule has 0 bridgehead atoms. The average molecular weight is 308 g/mol. The smallest absolute Gasteiger partial charge is 0.254 e. The van der Waals surface area contributed by atoms with Gasteiger partial charge in [-0.1, -0.05) is 0 Å². The summed E-state index contributed by atoms with van der Waals surface area (Å²) in [7, 11) is 7.14. The highest BCUT2D eigenvalue weighted by Gasteiger charge is 2.29. The van der Waals surface area contributed by atoms with Crippen molar-refractivity contribution in [3.05, 3.63) is 23.8 Å². The summed E-state index contributed by atoms with van der Waals surface area (Å²) in [6.45, 7) is 2.49. The van der Waals surface area contributed by atoms with Crippen LogP contribution in [0.4, 0.5) is 0 Å². The second kappa shape index (κ2) is 7.47. The first-order valence-corrected chi connectivity index (χ1v) is 7.31. The van der Waals surface area contributed by atoms with Gasteiger partial charge in [0.15, 0.2) is 0 Å². The van der Waals surface area contributed by atoms with Crippen molar-refractivity contribution in [2.45, 2.75) is 6.04 Å². The number of amides is 1. The van der Waals surface area contributed by atoms with Crippen molar-refractivity contribution in [1.82, 2.24) is 9.80 Å². The predicted octanol–water partition coefficient (Wildman–Crippen LogP) is 1.11. The Bertz CT molecular complexity index is 497. The molecule has 1 fully saturated rings. The van der Waals surface area contributed by atoms with E-state index >= 15 is 0 Å². The lowest BCUT2D eigenvalue weighted by atomic mass is 10.1. The molecule has 0 N–H and O–H groups in total. The Morgan fingerprint density at radius 2 is 1.91 bits per heavy atom. The zero-order valence-corrected chi connectivity index (χ0v) is 13.7. The Balaban J connectivity index is 2.24. The van der Waals surface area contributed by atoms with Gasteiger partial charge in [-0.3, -0.25) is 4.79 Å². The molecule has 1 aliphatic heterocycles. The third kappa shape index (κ3) is 3.90. The highest BCUT2D eigenvalue weighted by molar-refractivity contribution is 5.95. The van der Waals surface area contributed by atoms with Crippen molar-refractivity contribution in [2.24, 2.45) is 0 Å². The second-order valence-corrected chi connectivity index (χ2v) is 5.59. The molecule has 1 aromatic rings. The van der Waals surface area contributed by atoms with Crippen LogP contribution in [0.2, 0.25) is 0 Å². The molecule has 122 valence electrons. The van der Waals surface area contributed by atoms with Crippen LogP contribution in [0.3, 0.4) is 0 Å². The number of morpholine rings is 1. The molecule has 0 aliphatic carbocycles. The molecule has 6 heteroatoms. The summed E-state index contributed by atoms with van der Waals surface area (Å²) >= 11 is 0. The fraction of sp³-hybridized carbons (Fsp3) is 0.562. The van der Waals surface area contributed by atoms with Gasteiger partial charge in [0.05, 0.1) is 33.5 Å². The van der Waals surface area contributed by atoms with Gasteiger partial charge in [0, 0.05) is 24.7 Å². The van der Waals surface area contributed by atoms with Crippen LogP contribution in [0.15, 0.2) is 18.2 Å². The monoisotopic (exact) mass is 308 g/mol. The Morgan fingerprint density at radius 3 is 2.45 bits per heavy atom. The maximum Gasteiger partial charge on any atom is 0.254 e. The van der Waals surface area contributed by atoms with Gasteiger partial charge in [-0.25, -0.2) is 0 Å². The standard InChI is InChI=1S/C16H24N2O4/c1-17(2)10-13-11-22-6-5-18(13)16(19)12-7-14(20-3)9-15(8-12)21-4/h7-9,13H,5-6,10-11H2,1-4H3/t13-/m1/s1. The van der Waals surface area contributed by atoms with Gasteiger partial charge >= 0.3 is 0 Å². The molecule has 0 unspecified atom stereocenters. The highest BCUT2D eigenvalue weighted by atomic mass is 16.5. The van der Waals surface area contributed by atoms with E-state index in [2.05, 4.69) is 4.90 Å². The zero-order valence-electron chi connectivity index (χ0n) is 13.7. The summed E-state index contributed by atoms with van der Waals surface area (Å²) in [4.78, 5) is 16.8. The second-order valence-electron chi connectivity index (χ2n) is 5.59. The summed E-state index contributed by atoms with van der Waals surface area (Å²) in [5.41, 5.74) is 0.571. The highest BCUT2D eigenvalue weighted by Crippen LogP contribution is 2.24. The quantitative estimate of drug-likeness (QED) is 0.815. The predicted molar refractivity (Wildman–Crippen MR) is 83.7 cm³/mol. The van der Waals surface area contributed by atoms with Crippen molar-refractivity contribution in [3.63, 3.8) is 0 Å². The van der Waals surface area contributed by atoms with Gasteiger partial charge in [-0.05, 0) is 26.2 Å². The van der Waals surface area contributed by atoms with Gasteiger partial charge in [-0.15, -0.1) is 0 Å². The van der Waals surface area contributed by atoms with Crippen LogP contribution >= 0.6 is 0 Å². The third-order valence-corrected chi connectivity index (χ3v) is 3.66. The minimum absolute atomic E-state index is 0.0210. The zero-order chi connectivity index (χ0) is 16.1. The molecule has 1 aliphatic rings. The first-order chi connectivity index (χ1) is 10.5. The number of hydrogen-bond donors (Lipinski definition) is 0. The fourth-order valence-corrected chi connectivity index (χ4v) is 2.59. The Kier molecular flexibility index (Phi) is 5.63. The van der Waals surface area contributed by atoms with Crippen molar-refractivity contribution < 1.29 is 19.0 Å². The van der Waals surface area contributed by atoms with E-state index in [4.69, 9.17) is 14.2 Å². The first kappa shape index (κ1) is 16.6. The van der Waals surface area contributed by atoms with Crippen LogP contribution in [0.25, 0.3) is 0 Å². The Labute approximate surface area is 131 Å². The molecule has 1 saturated heterocycles. The van der Waals surface area contributed by atoms with E-state index in [9.17, 15) is 4.79 Å². The molecule has 0 radical (unpaired) electrons. The lowest BCUT2D eigenvalue weighted by Gasteiger charge is -2.37. The summed E-state index contributed by atoms with van der Waals surface area (Å²) in [6, 6.07) is 5.29. The number of hydrogen-bond acceptors (Lipinski definition) is 5. The van der Waals surface area contributed by atoms with E-state index in [1.54, 1.807) is 32.4 Å². The van der Waals surface area contributed by atoms with E-state index in [0.717, 1.165) is 6.54 Å². The molecule has 0 saturated carbocycles. The number of carbonyl (C=O) groups is 1. The van der Waals surface area contributed by atoms with Crippen molar-refractivity contribution in [1.29, 1.82) is 0 Å². The summed E-state index contributed by atoms with van der Waals surface area (Å²) in [5, 5.41) is 0. The number of likely N-dealkylation sites (N-methyl/N-ethyl adjacent to an activating group) is 1. The summed E-state index contributed by atoms with van der Waals surface area (Å²) in [6.07, 6.45) is 0. The first-order valence-electron chi connectivity index (χ1n) is 7.31. The molecule has 2 rings (SSSR count). The molecular weight excluding hydrogens is 284 g/mol. The van der Waals surface area contributed by atoms with Gasteiger partial charge in [0.1, 0.15) is 11.5 Å². The molecule has 1 heterocycles. The minimum atomic E-state index is -0.0210. The largest absolute Gasteiger partial charge is 0.497 e. The van der Waals surface area contributed by atoms with E-state index in [-0.39, 0.29) is 11.9 Å². The lowest BCUT2D eigenvalue weighted by molar-refractivity contribution is -0.00832. The number of nitrogens with zero attached hydrogens (tertiary/aromatic N) is 2. The van der Waals surface area contributed by atoms with Gasteiger partial charge < -0.3 is 24.0 Å². The lowest BCUT2D eigenvalue weighted by Crippen LogP contribution is -2.52. The minimum Gasteiger partial charge on any atom is -0.497 e.